The molecule has 0 aliphatic rings. The first-order valence-corrected chi connectivity index (χ1v) is 6.20. The van der Waals surface area contributed by atoms with Gasteiger partial charge in [-0.1, -0.05) is 12.1 Å². The van der Waals surface area contributed by atoms with E-state index in [9.17, 15) is 14.3 Å². The average molecular weight is 357 g/mol. The fourth-order valence-corrected chi connectivity index (χ4v) is 1.75. The van der Waals surface area contributed by atoms with Crippen LogP contribution in [0.4, 0.5) is 10.1 Å². The molecule has 0 saturated heterocycles. The van der Waals surface area contributed by atoms with Crippen LogP contribution in [0.25, 0.3) is 0 Å². The monoisotopic (exact) mass is 357 g/mol. The Balaban J connectivity index is 2.22. The second-order valence-electron chi connectivity index (χ2n) is 3.60. The van der Waals surface area contributed by atoms with Crippen molar-refractivity contribution in [1.82, 2.24) is 0 Å². The van der Waals surface area contributed by atoms with Gasteiger partial charge < -0.3 is 10.4 Å². The molecule has 2 rings (SSSR count). The largest absolute Gasteiger partial charge is 0.507 e. The van der Waals surface area contributed by atoms with Gasteiger partial charge in [-0.2, -0.15) is 0 Å². The summed E-state index contributed by atoms with van der Waals surface area (Å²) in [5.41, 5.74) is 0.386. The Morgan fingerprint density at radius 3 is 2.61 bits per heavy atom. The van der Waals surface area contributed by atoms with Crippen LogP contribution in [-0.2, 0) is 0 Å². The van der Waals surface area contributed by atoms with Crippen LogP contribution < -0.4 is 5.32 Å². The summed E-state index contributed by atoms with van der Waals surface area (Å²) in [6.07, 6.45) is 0. The van der Waals surface area contributed by atoms with Crippen molar-refractivity contribution < 1.29 is 14.3 Å². The van der Waals surface area contributed by atoms with Crippen molar-refractivity contribution in [2.45, 2.75) is 0 Å². The smallest absolute Gasteiger partial charge is 0.255 e. The molecule has 0 bridgehead atoms. The zero-order chi connectivity index (χ0) is 13.1. The zero-order valence-electron chi connectivity index (χ0n) is 9.15. The van der Waals surface area contributed by atoms with Crippen molar-refractivity contribution in [2.75, 3.05) is 5.32 Å². The zero-order valence-corrected chi connectivity index (χ0v) is 11.3. The molecule has 5 heteroatoms. The Morgan fingerprint density at radius 2 is 1.94 bits per heavy atom. The van der Waals surface area contributed by atoms with Crippen LogP contribution >= 0.6 is 22.6 Å². The van der Waals surface area contributed by atoms with Gasteiger partial charge in [0.05, 0.1) is 9.26 Å². The molecule has 0 fully saturated rings. The molecule has 0 aliphatic carbocycles. The standard InChI is InChI=1S/C13H9FINO2/c14-9-3-1-2-4-11(9)16-13(18)8-5-6-10(15)12(17)7-8/h1-7,17H,(H,16,18). The lowest BCUT2D eigenvalue weighted by atomic mass is 10.2. The summed E-state index contributed by atoms with van der Waals surface area (Å²) in [5, 5.41) is 12.0. The molecule has 0 atom stereocenters. The van der Waals surface area contributed by atoms with Gasteiger partial charge in [0.15, 0.2) is 0 Å². The molecule has 0 heterocycles. The summed E-state index contributed by atoms with van der Waals surface area (Å²) in [5.74, 6) is -0.941. The number of hydrogen-bond acceptors (Lipinski definition) is 2. The molecule has 3 nitrogen and oxygen atoms in total. The first kappa shape index (κ1) is 12.8. The fourth-order valence-electron chi connectivity index (χ4n) is 1.41. The van der Waals surface area contributed by atoms with Crippen molar-refractivity contribution in [3.8, 4) is 5.75 Å². The van der Waals surface area contributed by atoms with Crippen molar-refractivity contribution in [2.24, 2.45) is 0 Å². The number of nitrogens with one attached hydrogen (secondary N) is 1. The highest BCUT2D eigenvalue weighted by molar-refractivity contribution is 14.1. The number of rotatable bonds is 2. The van der Waals surface area contributed by atoms with Gasteiger partial charge in [-0.15, -0.1) is 0 Å². The molecule has 2 aromatic rings. The van der Waals surface area contributed by atoms with E-state index in [0.717, 1.165) is 0 Å². The van der Waals surface area contributed by atoms with Crippen LogP contribution in [0.1, 0.15) is 10.4 Å². The molecule has 0 aliphatic heterocycles. The van der Waals surface area contributed by atoms with Crippen molar-refractivity contribution in [3.63, 3.8) is 0 Å². The van der Waals surface area contributed by atoms with Crippen molar-refractivity contribution in [1.29, 1.82) is 0 Å². The van der Waals surface area contributed by atoms with E-state index in [1.165, 1.54) is 18.2 Å². The van der Waals surface area contributed by atoms with E-state index in [0.29, 0.717) is 3.57 Å². The summed E-state index contributed by atoms with van der Waals surface area (Å²) in [6.45, 7) is 0. The van der Waals surface area contributed by atoms with Crippen LogP contribution in [0, 0.1) is 9.39 Å². The van der Waals surface area contributed by atoms with Gasteiger partial charge >= 0.3 is 0 Å². The third-order valence-corrected chi connectivity index (χ3v) is 3.24. The highest BCUT2D eigenvalue weighted by Gasteiger charge is 2.10. The van der Waals surface area contributed by atoms with E-state index < -0.39 is 11.7 Å². The number of anilines is 1. The first-order chi connectivity index (χ1) is 8.58. The SMILES string of the molecule is O=C(Nc1ccccc1F)c1ccc(I)c(O)c1. The Labute approximate surface area is 117 Å². The average Bonchev–Trinajstić information content (AvgIpc) is 2.35. The molecular formula is C13H9FINO2. The molecule has 0 saturated carbocycles. The van der Waals surface area contributed by atoms with E-state index in [4.69, 9.17) is 0 Å². The summed E-state index contributed by atoms with van der Waals surface area (Å²) in [7, 11) is 0. The molecule has 0 radical (unpaired) electrons. The molecule has 0 spiro atoms. The molecule has 0 unspecified atom stereocenters. The minimum absolute atomic E-state index is 0.0248. The molecule has 2 aromatic carbocycles. The highest BCUT2D eigenvalue weighted by atomic mass is 127. The van der Waals surface area contributed by atoms with Crippen molar-refractivity contribution >= 4 is 34.2 Å². The number of hydrogen-bond donors (Lipinski definition) is 2. The Bertz CT molecular complexity index is 601. The lowest BCUT2D eigenvalue weighted by molar-refractivity contribution is 0.102. The molecule has 18 heavy (non-hydrogen) atoms. The number of phenols is 1. The van der Waals surface area contributed by atoms with E-state index >= 15 is 0 Å². The number of phenolic OH excluding ortho intramolecular Hbond substituents is 1. The lowest BCUT2D eigenvalue weighted by Gasteiger charge is -2.07. The van der Waals surface area contributed by atoms with Crippen molar-refractivity contribution in [3.05, 3.63) is 57.4 Å². The quantitative estimate of drug-likeness (QED) is 0.810. The topological polar surface area (TPSA) is 49.3 Å². The molecule has 0 aromatic heterocycles. The highest BCUT2D eigenvalue weighted by Crippen LogP contribution is 2.21. The molecule has 1 amide bonds. The van der Waals surface area contributed by atoms with Crippen LogP contribution in [0.2, 0.25) is 0 Å². The summed E-state index contributed by atoms with van der Waals surface area (Å²) in [6, 6.07) is 10.4. The second kappa shape index (κ2) is 5.34. The minimum Gasteiger partial charge on any atom is -0.507 e. The van der Waals surface area contributed by atoms with Gasteiger partial charge in [0.25, 0.3) is 5.91 Å². The number of halogens is 2. The van der Waals surface area contributed by atoms with Crippen LogP contribution in [0.15, 0.2) is 42.5 Å². The number of para-hydroxylation sites is 1. The number of carbonyl (C=O) groups is 1. The number of carbonyl (C=O) groups excluding carboxylic acids is 1. The van der Waals surface area contributed by atoms with E-state index in [-0.39, 0.29) is 17.0 Å². The molecule has 92 valence electrons. The van der Waals surface area contributed by atoms with Gasteiger partial charge in [-0.05, 0) is 52.9 Å². The van der Waals surface area contributed by atoms with Crippen LogP contribution in [0.5, 0.6) is 5.75 Å². The Morgan fingerprint density at radius 1 is 1.22 bits per heavy atom. The van der Waals surface area contributed by atoms with E-state index in [1.54, 1.807) is 24.3 Å². The van der Waals surface area contributed by atoms with Gasteiger partial charge in [0.2, 0.25) is 0 Å². The van der Waals surface area contributed by atoms with Gasteiger partial charge in [-0.25, -0.2) is 4.39 Å². The normalized spacial score (nSPS) is 10.1. The van der Waals surface area contributed by atoms with Crippen LogP contribution in [-0.4, -0.2) is 11.0 Å². The third kappa shape index (κ3) is 2.79. The third-order valence-electron chi connectivity index (χ3n) is 2.33. The van der Waals surface area contributed by atoms with Gasteiger partial charge in [-0.3, -0.25) is 4.79 Å². The number of benzene rings is 2. The molecule has 2 N–H and O–H groups in total. The number of aromatic hydroxyl groups is 1. The maximum absolute atomic E-state index is 13.3. The maximum Gasteiger partial charge on any atom is 0.255 e. The van der Waals surface area contributed by atoms with E-state index in [2.05, 4.69) is 5.32 Å². The predicted octanol–water partition coefficient (Wildman–Crippen LogP) is 3.39. The van der Waals surface area contributed by atoms with Gasteiger partial charge in [0.1, 0.15) is 11.6 Å². The maximum atomic E-state index is 13.3. The summed E-state index contributed by atoms with van der Waals surface area (Å²) < 4.78 is 14.0. The van der Waals surface area contributed by atoms with Crippen LogP contribution in [0.3, 0.4) is 0 Å². The van der Waals surface area contributed by atoms with E-state index in [1.807, 2.05) is 22.6 Å². The molecular weight excluding hydrogens is 348 g/mol. The Kier molecular flexibility index (Phi) is 3.81. The summed E-state index contributed by atoms with van der Waals surface area (Å²) in [4.78, 5) is 11.8. The summed E-state index contributed by atoms with van der Waals surface area (Å²) >= 11 is 1.95. The first-order valence-electron chi connectivity index (χ1n) is 5.12. The number of amides is 1. The fraction of sp³-hybridized carbons (Fsp3) is 0. The lowest BCUT2D eigenvalue weighted by Crippen LogP contribution is -2.12. The predicted molar refractivity (Wildman–Crippen MR) is 75.2 cm³/mol. The van der Waals surface area contributed by atoms with Gasteiger partial charge in [0, 0.05) is 5.56 Å². The minimum atomic E-state index is -0.499. The second-order valence-corrected chi connectivity index (χ2v) is 4.76. The Hall–Kier alpha value is -1.63.